The van der Waals surface area contributed by atoms with Crippen molar-refractivity contribution in [2.75, 3.05) is 17.2 Å². The third kappa shape index (κ3) is 2.40. The third-order valence-electron chi connectivity index (χ3n) is 3.48. The SMILES string of the molecule is CC(C)n1c(C(C)(C)C)nc(C2CCSC2)c1N. The highest BCUT2D eigenvalue weighted by molar-refractivity contribution is 7.99. The molecule has 1 aromatic rings. The molecular formula is C14H25N3S. The number of aromatic nitrogens is 2. The molecule has 0 saturated carbocycles. The van der Waals surface area contributed by atoms with Gasteiger partial charge in [-0.2, -0.15) is 11.8 Å². The van der Waals surface area contributed by atoms with Gasteiger partial charge in [-0.3, -0.25) is 0 Å². The molecule has 0 radical (unpaired) electrons. The molecule has 2 rings (SSSR count). The summed E-state index contributed by atoms with van der Waals surface area (Å²) in [4.78, 5) is 4.91. The number of hydrogen-bond donors (Lipinski definition) is 1. The first-order chi connectivity index (χ1) is 8.32. The topological polar surface area (TPSA) is 43.8 Å². The van der Waals surface area contributed by atoms with Gasteiger partial charge in [-0.05, 0) is 26.0 Å². The van der Waals surface area contributed by atoms with Crippen LogP contribution >= 0.6 is 11.8 Å². The number of anilines is 1. The highest BCUT2D eigenvalue weighted by atomic mass is 32.2. The number of nitrogen functional groups attached to an aromatic ring is 1. The van der Waals surface area contributed by atoms with Gasteiger partial charge in [0.05, 0.1) is 5.69 Å². The molecule has 0 aromatic carbocycles. The fourth-order valence-corrected chi connectivity index (χ4v) is 3.79. The zero-order valence-electron chi connectivity index (χ0n) is 12.2. The van der Waals surface area contributed by atoms with Gasteiger partial charge in [0, 0.05) is 23.1 Å². The van der Waals surface area contributed by atoms with Gasteiger partial charge in [-0.15, -0.1) is 0 Å². The van der Waals surface area contributed by atoms with Crippen molar-refractivity contribution in [3.63, 3.8) is 0 Å². The zero-order valence-corrected chi connectivity index (χ0v) is 13.0. The van der Waals surface area contributed by atoms with Crippen LogP contribution in [-0.2, 0) is 5.41 Å². The van der Waals surface area contributed by atoms with E-state index in [1.807, 2.05) is 11.8 Å². The Bertz CT molecular complexity index is 423. The fourth-order valence-electron chi connectivity index (χ4n) is 2.57. The third-order valence-corrected chi connectivity index (χ3v) is 4.64. The Morgan fingerprint density at radius 2 is 2.06 bits per heavy atom. The van der Waals surface area contributed by atoms with Crippen LogP contribution in [0.15, 0.2) is 0 Å². The maximum atomic E-state index is 6.37. The Morgan fingerprint density at radius 3 is 2.44 bits per heavy atom. The van der Waals surface area contributed by atoms with Crippen LogP contribution in [-0.4, -0.2) is 21.1 Å². The molecule has 2 N–H and O–H groups in total. The van der Waals surface area contributed by atoms with Crippen LogP contribution < -0.4 is 5.73 Å². The summed E-state index contributed by atoms with van der Waals surface area (Å²) in [5, 5.41) is 0. The Kier molecular flexibility index (Phi) is 3.67. The maximum absolute atomic E-state index is 6.37. The quantitative estimate of drug-likeness (QED) is 0.891. The molecule has 1 aliphatic heterocycles. The van der Waals surface area contributed by atoms with E-state index in [1.165, 1.54) is 17.9 Å². The molecule has 1 aliphatic rings. The monoisotopic (exact) mass is 267 g/mol. The van der Waals surface area contributed by atoms with Crippen LogP contribution in [0, 0.1) is 0 Å². The van der Waals surface area contributed by atoms with E-state index in [9.17, 15) is 0 Å². The molecule has 1 atom stereocenters. The average molecular weight is 267 g/mol. The molecule has 0 bridgehead atoms. The number of imidazole rings is 1. The predicted molar refractivity (Wildman–Crippen MR) is 80.4 cm³/mol. The van der Waals surface area contributed by atoms with Crippen molar-refractivity contribution < 1.29 is 0 Å². The fraction of sp³-hybridized carbons (Fsp3) is 0.786. The first-order valence-corrected chi connectivity index (χ1v) is 7.93. The van der Waals surface area contributed by atoms with E-state index in [2.05, 4.69) is 39.2 Å². The Hall–Kier alpha value is -0.640. The van der Waals surface area contributed by atoms with Crippen molar-refractivity contribution in [3.05, 3.63) is 11.5 Å². The van der Waals surface area contributed by atoms with Crippen LogP contribution in [0.5, 0.6) is 0 Å². The van der Waals surface area contributed by atoms with E-state index < -0.39 is 0 Å². The molecule has 2 heterocycles. The minimum Gasteiger partial charge on any atom is -0.384 e. The summed E-state index contributed by atoms with van der Waals surface area (Å²) >= 11 is 2.01. The second kappa shape index (κ2) is 4.80. The molecule has 3 nitrogen and oxygen atoms in total. The van der Waals surface area contributed by atoms with Gasteiger partial charge in [0.25, 0.3) is 0 Å². The Morgan fingerprint density at radius 1 is 1.39 bits per heavy atom. The van der Waals surface area contributed by atoms with E-state index in [0.717, 1.165) is 17.3 Å². The van der Waals surface area contributed by atoms with Crippen molar-refractivity contribution in [2.24, 2.45) is 0 Å². The number of nitrogens with two attached hydrogens (primary N) is 1. The normalized spacial score (nSPS) is 20.9. The van der Waals surface area contributed by atoms with Crippen LogP contribution in [0.25, 0.3) is 0 Å². The Balaban J connectivity index is 2.50. The highest BCUT2D eigenvalue weighted by Gasteiger charge is 2.30. The van der Waals surface area contributed by atoms with Crippen LogP contribution in [0.1, 0.15) is 64.5 Å². The number of thioether (sulfide) groups is 1. The summed E-state index contributed by atoms with van der Waals surface area (Å²) in [7, 11) is 0. The molecule has 0 spiro atoms. The first-order valence-electron chi connectivity index (χ1n) is 6.78. The Labute approximate surface area is 115 Å². The maximum Gasteiger partial charge on any atom is 0.127 e. The van der Waals surface area contributed by atoms with Crippen molar-refractivity contribution >= 4 is 17.6 Å². The smallest absolute Gasteiger partial charge is 0.127 e. The molecular weight excluding hydrogens is 242 g/mol. The zero-order chi connectivity index (χ0) is 13.5. The second-order valence-electron chi connectivity index (χ2n) is 6.48. The lowest BCUT2D eigenvalue weighted by Gasteiger charge is -2.22. The largest absolute Gasteiger partial charge is 0.384 e. The van der Waals surface area contributed by atoms with E-state index >= 15 is 0 Å². The van der Waals surface area contributed by atoms with Gasteiger partial charge in [0.1, 0.15) is 11.6 Å². The van der Waals surface area contributed by atoms with Crippen molar-refractivity contribution in [1.82, 2.24) is 9.55 Å². The molecule has 1 saturated heterocycles. The van der Waals surface area contributed by atoms with E-state index in [4.69, 9.17) is 10.7 Å². The molecule has 18 heavy (non-hydrogen) atoms. The molecule has 0 aliphatic carbocycles. The lowest BCUT2D eigenvalue weighted by atomic mass is 9.95. The number of hydrogen-bond acceptors (Lipinski definition) is 3. The molecule has 4 heteroatoms. The van der Waals surface area contributed by atoms with Gasteiger partial charge < -0.3 is 10.3 Å². The van der Waals surface area contributed by atoms with Gasteiger partial charge in [-0.1, -0.05) is 20.8 Å². The minimum absolute atomic E-state index is 0.0440. The van der Waals surface area contributed by atoms with E-state index in [-0.39, 0.29) is 5.41 Å². The highest BCUT2D eigenvalue weighted by Crippen LogP contribution is 2.38. The van der Waals surface area contributed by atoms with Gasteiger partial charge in [-0.25, -0.2) is 4.98 Å². The molecule has 1 fully saturated rings. The van der Waals surface area contributed by atoms with Gasteiger partial charge in [0.15, 0.2) is 0 Å². The summed E-state index contributed by atoms with van der Waals surface area (Å²) in [5.41, 5.74) is 7.55. The van der Waals surface area contributed by atoms with Crippen LogP contribution in [0.2, 0.25) is 0 Å². The van der Waals surface area contributed by atoms with Gasteiger partial charge >= 0.3 is 0 Å². The lowest BCUT2D eigenvalue weighted by molar-refractivity contribution is 0.472. The van der Waals surface area contributed by atoms with Crippen molar-refractivity contribution in [2.45, 2.75) is 58.4 Å². The number of rotatable bonds is 2. The summed E-state index contributed by atoms with van der Waals surface area (Å²) in [5.74, 6) is 4.98. The van der Waals surface area contributed by atoms with E-state index in [0.29, 0.717) is 12.0 Å². The van der Waals surface area contributed by atoms with Crippen LogP contribution in [0.4, 0.5) is 5.82 Å². The predicted octanol–water partition coefficient (Wildman–Crippen LogP) is 3.56. The van der Waals surface area contributed by atoms with E-state index in [1.54, 1.807) is 0 Å². The number of nitrogens with zero attached hydrogens (tertiary/aromatic N) is 2. The summed E-state index contributed by atoms with van der Waals surface area (Å²) in [6.45, 7) is 11.0. The van der Waals surface area contributed by atoms with Gasteiger partial charge in [0.2, 0.25) is 0 Å². The van der Waals surface area contributed by atoms with Crippen LogP contribution in [0.3, 0.4) is 0 Å². The summed E-state index contributed by atoms with van der Waals surface area (Å²) < 4.78 is 2.22. The van der Waals surface area contributed by atoms with Crippen molar-refractivity contribution in [3.8, 4) is 0 Å². The molecule has 0 amide bonds. The summed E-state index contributed by atoms with van der Waals surface area (Å²) in [6, 6.07) is 0.370. The first kappa shape index (κ1) is 13.8. The average Bonchev–Trinajstić information content (AvgIpc) is 2.81. The molecule has 1 unspecified atom stereocenters. The standard InChI is InChI=1S/C14H25N3S/c1-9(2)17-12(15)11(10-6-7-18-8-10)16-13(17)14(3,4)5/h9-10H,6-8,15H2,1-5H3. The summed E-state index contributed by atoms with van der Waals surface area (Å²) in [6.07, 6.45) is 1.22. The molecule has 1 aromatic heterocycles. The lowest BCUT2D eigenvalue weighted by Crippen LogP contribution is -2.21. The minimum atomic E-state index is 0.0440. The second-order valence-corrected chi connectivity index (χ2v) is 7.63. The molecule has 102 valence electrons. The van der Waals surface area contributed by atoms with Crippen molar-refractivity contribution in [1.29, 1.82) is 0 Å².